The zero-order valence-corrected chi connectivity index (χ0v) is 13.7. The van der Waals surface area contributed by atoms with Gasteiger partial charge in [0.1, 0.15) is 0 Å². The van der Waals surface area contributed by atoms with Gasteiger partial charge in [-0.25, -0.2) is 0 Å². The first-order chi connectivity index (χ1) is 11.6. The van der Waals surface area contributed by atoms with Crippen LogP contribution in [0.25, 0.3) is 0 Å². The lowest BCUT2D eigenvalue weighted by molar-refractivity contribution is 0.0996. The number of benzene rings is 2. The second-order valence-corrected chi connectivity index (χ2v) is 6.59. The highest BCUT2D eigenvalue weighted by Crippen LogP contribution is 2.33. The Morgan fingerprint density at radius 1 is 0.833 bits per heavy atom. The van der Waals surface area contributed by atoms with Gasteiger partial charge in [0.05, 0.1) is 17.9 Å². The van der Waals surface area contributed by atoms with E-state index in [1.54, 1.807) is 17.0 Å². The highest BCUT2D eigenvalue weighted by molar-refractivity contribution is 6.10. The third-order valence-electron chi connectivity index (χ3n) is 5.00. The maximum absolute atomic E-state index is 12.7. The summed E-state index contributed by atoms with van der Waals surface area (Å²) >= 11 is 0. The van der Waals surface area contributed by atoms with Gasteiger partial charge in [-0.05, 0) is 61.2 Å². The maximum Gasteiger partial charge on any atom is 0.258 e. The summed E-state index contributed by atoms with van der Waals surface area (Å²) in [4.78, 5) is 16.9. The molecule has 0 unspecified atom stereocenters. The fourth-order valence-corrected chi connectivity index (χ4v) is 3.59. The Labute approximate surface area is 141 Å². The van der Waals surface area contributed by atoms with E-state index in [1.807, 2.05) is 12.1 Å². The first-order valence-corrected chi connectivity index (χ1v) is 8.48. The Balaban J connectivity index is 1.62. The molecule has 4 N–H and O–H groups in total. The van der Waals surface area contributed by atoms with Gasteiger partial charge in [0.15, 0.2) is 0 Å². The Hall–Kier alpha value is -2.69. The average Bonchev–Trinajstić information content (AvgIpc) is 2.94. The van der Waals surface area contributed by atoms with Crippen LogP contribution in [0.3, 0.4) is 0 Å². The van der Waals surface area contributed by atoms with Crippen LogP contribution in [0.2, 0.25) is 0 Å². The van der Waals surface area contributed by atoms with Gasteiger partial charge in [-0.3, -0.25) is 4.79 Å². The highest BCUT2D eigenvalue weighted by atomic mass is 16.2. The van der Waals surface area contributed by atoms with Gasteiger partial charge >= 0.3 is 0 Å². The zero-order chi connectivity index (χ0) is 16.7. The van der Waals surface area contributed by atoms with Gasteiger partial charge < -0.3 is 21.3 Å². The van der Waals surface area contributed by atoms with Gasteiger partial charge in [-0.15, -0.1) is 0 Å². The van der Waals surface area contributed by atoms with E-state index in [-0.39, 0.29) is 5.91 Å². The Kier molecular flexibility index (Phi) is 3.56. The van der Waals surface area contributed by atoms with Crippen molar-refractivity contribution in [3.63, 3.8) is 0 Å². The lowest BCUT2D eigenvalue weighted by atomic mass is 10.1. The van der Waals surface area contributed by atoms with Crippen LogP contribution in [0.1, 0.15) is 35.2 Å². The monoisotopic (exact) mass is 322 g/mol. The number of piperidine rings is 1. The molecular formula is C19H22N4O. The van der Waals surface area contributed by atoms with Crippen LogP contribution in [-0.2, 0) is 6.54 Å². The van der Waals surface area contributed by atoms with Crippen LogP contribution in [0.4, 0.5) is 22.7 Å². The molecule has 2 aliphatic rings. The summed E-state index contributed by atoms with van der Waals surface area (Å²) < 4.78 is 0. The predicted molar refractivity (Wildman–Crippen MR) is 98.3 cm³/mol. The Morgan fingerprint density at radius 2 is 1.58 bits per heavy atom. The molecule has 2 aromatic rings. The number of nitrogens with zero attached hydrogens (tertiary/aromatic N) is 2. The fraction of sp³-hybridized carbons (Fsp3) is 0.316. The molecular weight excluding hydrogens is 300 g/mol. The molecule has 5 heteroatoms. The van der Waals surface area contributed by atoms with Crippen LogP contribution in [0, 0.1) is 0 Å². The number of carbonyl (C=O) groups excluding carboxylic acids is 1. The predicted octanol–water partition coefficient (Wildman–Crippen LogP) is 3.00. The maximum atomic E-state index is 12.7. The summed E-state index contributed by atoms with van der Waals surface area (Å²) in [6.45, 7) is 2.79. The number of hydrogen-bond donors (Lipinski definition) is 2. The van der Waals surface area contributed by atoms with E-state index < -0.39 is 0 Å². The molecule has 2 aromatic carbocycles. The summed E-state index contributed by atoms with van der Waals surface area (Å²) in [5.41, 5.74) is 16.6. The topological polar surface area (TPSA) is 75.6 Å². The quantitative estimate of drug-likeness (QED) is 0.833. The minimum absolute atomic E-state index is 0.0272. The molecule has 0 spiro atoms. The zero-order valence-electron chi connectivity index (χ0n) is 13.7. The molecule has 124 valence electrons. The van der Waals surface area contributed by atoms with Crippen LogP contribution in [-0.4, -0.2) is 19.0 Å². The van der Waals surface area contributed by atoms with Gasteiger partial charge in [-0.1, -0.05) is 0 Å². The van der Waals surface area contributed by atoms with Crippen LogP contribution in [0.15, 0.2) is 36.4 Å². The first kappa shape index (κ1) is 14.9. The van der Waals surface area contributed by atoms with Gasteiger partial charge in [0, 0.05) is 30.0 Å². The number of rotatable bonds is 2. The summed E-state index contributed by atoms with van der Waals surface area (Å²) in [7, 11) is 0. The van der Waals surface area contributed by atoms with Crippen molar-refractivity contribution in [2.45, 2.75) is 25.8 Å². The molecule has 0 aromatic heterocycles. The standard InChI is InChI=1S/C19H22N4O/c20-17-7-5-15(11-18(17)21)23-12-13-10-14(4-6-16(13)19(23)24)22-8-2-1-3-9-22/h4-7,10-11H,1-3,8-9,12,20-21H2. The summed E-state index contributed by atoms with van der Waals surface area (Å²) in [5, 5.41) is 0. The molecule has 0 atom stereocenters. The molecule has 2 heterocycles. The molecule has 0 aliphatic carbocycles. The molecule has 1 saturated heterocycles. The van der Waals surface area contributed by atoms with Crippen LogP contribution < -0.4 is 21.3 Å². The second kappa shape index (κ2) is 5.74. The Bertz CT molecular complexity index is 796. The largest absolute Gasteiger partial charge is 0.397 e. The number of hydrogen-bond acceptors (Lipinski definition) is 4. The SMILES string of the molecule is Nc1ccc(N2Cc3cc(N4CCCCC4)ccc3C2=O)cc1N. The molecule has 1 fully saturated rings. The van der Waals surface area contributed by atoms with Crippen molar-refractivity contribution in [1.82, 2.24) is 0 Å². The van der Waals surface area contributed by atoms with Crippen LogP contribution in [0.5, 0.6) is 0 Å². The van der Waals surface area contributed by atoms with Gasteiger partial charge in [0.2, 0.25) is 0 Å². The smallest absolute Gasteiger partial charge is 0.258 e. The first-order valence-electron chi connectivity index (χ1n) is 8.48. The number of carbonyl (C=O) groups is 1. The minimum atomic E-state index is 0.0272. The van der Waals surface area contributed by atoms with Crippen LogP contribution >= 0.6 is 0 Å². The van der Waals surface area contributed by atoms with E-state index in [4.69, 9.17) is 11.5 Å². The van der Waals surface area contributed by atoms with Gasteiger partial charge in [0.25, 0.3) is 5.91 Å². The normalized spacial score (nSPS) is 17.2. The van der Waals surface area contributed by atoms with E-state index >= 15 is 0 Å². The third-order valence-corrected chi connectivity index (χ3v) is 5.00. The van der Waals surface area contributed by atoms with Crippen molar-refractivity contribution in [3.05, 3.63) is 47.5 Å². The number of nitrogens with two attached hydrogens (primary N) is 2. The van der Waals surface area contributed by atoms with E-state index in [0.29, 0.717) is 17.9 Å². The number of fused-ring (bicyclic) bond motifs is 1. The third kappa shape index (κ3) is 2.46. The fourth-order valence-electron chi connectivity index (χ4n) is 3.59. The van der Waals surface area contributed by atoms with E-state index in [9.17, 15) is 4.79 Å². The highest BCUT2D eigenvalue weighted by Gasteiger charge is 2.29. The van der Waals surface area contributed by atoms with E-state index in [1.165, 1.54) is 24.9 Å². The van der Waals surface area contributed by atoms with Crippen molar-refractivity contribution >= 4 is 28.7 Å². The summed E-state index contributed by atoms with van der Waals surface area (Å²) in [6.07, 6.45) is 3.80. The molecule has 4 rings (SSSR count). The van der Waals surface area contributed by atoms with E-state index in [0.717, 1.165) is 29.9 Å². The van der Waals surface area contributed by atoms with Crippen molar-refractivity contribution < 1.29 is 4.79 Å². The molecule has 5 nitrogen and oxygen atoms in total. The summed E-state index contributed by atoms with van der Waals surface area (Å²) in [5.74, 6) is 0.0272. The molecule has 0 bridgehead atoms. The lowest BCUT2D eigenvalue weighted by Crippen LogP contribution is -2.29. The summed E-state index contributed by atoms with van der Waals surface area (Å²) in [6, 6.07) is 11.6. The minimum Gasteiger partial charge on any atom is -0.397 e. The van der Waals surface area contributed by atoms with E-state index in [2.05, 4.69) is 17.0 Å². The second-order valence-electron chi connectivity index (χ2n) is 6.59. The van der Waals surface area contributed by atoms with Crippen molar-refractivity contribution in [2.75, 3.05) is 34.4 Å². The molecule has 1 amide bonds. The number of nitrogen functional groups attached to an aromatic ring is 2. The Morgan fingerprint density at radius 3 is 2.33 bits per heavy atom. The molecule has 24 heavy (non-hydrogen) atoms. The molecule has 0 radical (unpaired) electrons. The lowest BCUT2D eigenvalue weighted by Gasteiger charge is -2.29. The van der Waals surface area contributed by atoms with Crippen molar-refractivity contribution in [1.29, 1.82) is 0 Å². The average molecular weight is 322 g/mol. The molecule has 0 saturated carbocycles. The number of amides is 1. The van der Waals surface area contributed by atoms with Gasteiger partial charge in [-0.2, -0.15) is 0 Å². The van der Waals surface area contributed by atoms with Crippen molar-refractivity contribution in [2.24, 2.45) is 0 Å². The number of anilines is 4. The van der Waals surface area contributed by atoms with Crippen molar-refractivity contribution in [3.8, 4) is 0 Å². The molecule has 2 aliphatic heterocycles.